The average Bonchev–Trinajstić information content (AvgIpc) is 2.84. The lowest BCUT2D eigenvalue weighted by molar-refractivity contribution is 0.193. The number of halogens is 1. The Hall–Kier alpha value is -1.13. The van der Waals surface area contributed by atoms with Gasteiger partial charge in [-0.1, -0.05) is 0 Å². The number of nitrogens with one attached hydrogen (secondary N) is 1. The highest BCUT2D eigenvalue weighted by Gasteiger charge is 2.25. The molecule has 2 N–H and O–H groups in total. The van der Waals surface area contributed by atoms with E-state index in [4.69, 9.17) is 0 Å². The lowest BCUT2D eigenvalue weighted by Crippen LogP contribution is -2.35. The van der Waals surface area contributed by atoms with Gasteiger partial charge in [-0.05, 0) is 45.1 Å². The van der Waals surface area contributed by atoms with Crippen molar-refractivity contribution in [3.63, 3.8) is 0 Å². The van der Waals surface area contributed by atoms with E-state index in [9.17, 15) is 9.50 Å². The molecule has 1 saturated heterocycles. The van der Waals surface area contributed by atoms with Crippen LogP contribution in [0.2, 0.25) is 0 Å². The predicted octanol–water partition coefficient (Wildman–Crippen LogP) is 1.89. The van der Waals surface area contributed by atoms with Gasteiger partial charge in [-0.3, -0.25) is 4.90 Å². The normalized spacial score (nSPS) is 22.0. The molecule has 1 aliphatic rings. The number of rotatable bonds is 3. The second-order valence-electron chi connectivity index (χ2n) is 4.69. The topological polar surface area (TPSA) is 35.5 Å². The van der Waals surface area contributed by atoms with Crippen LogP contribution in [0.4, 0.5) is 4.39 Å². The molecule has 1 aliphatic heterocycles. The molecule has 3 nitrogen and oxygen atoms in total. The van der Waals surface area contributed by atoms with Crippen LogP contribution in [-0.4, -0.2) is 36.2 Å². The number of aromatic hydroxyl groups is 1. The van der Waals surface area contributed by atoms with E-state index in [1.807, 2.05) is 14.0 Å². The largest absolute Gasteiger partial charge is 0.508 e. The van der Waals surface area contributed by atoms with E-state index in [1.165, 1.54) is 18.2 Å². The van der Waals surface area contributed by atoms with Gasteiger partial charge in [0.1, 0.15) is 11.6 Å². The molecule has 0 spiro atoms. The van der Waals surface area contributed by atoms with Crippen molar-refractivity contribution in [1.82, 2.24) is 10.2 Å². The third-order valence-electron chi connectivity index (χ3n) is 3.66. The molecule has 0 amide bonds. The van der Waals surface area contributed by atoms with Gasteiger partial charge in [0.2, 0.25) is 0 Å². The van der Waals surface area contributed by atoms with Crippen molar-refractivity contribution >= 4 is 0 Å². The number of phenolic OH excluding ortho intramolecular Hbond substituents is 1. The Morgan fingerprint density at radius 1 is 1.53 bits per heavy atom. The summed E-state index contributed by atoms with van der Waals surface area (Å²) in [5.41, 5.74) is 0.652. The quantitative estimate of drug-likeness (QED) is 0.844. The second kappa shape index (κ2) is 5.02. The molecule has 2 rings (SSSR count). The van der Waals surface area contributed by atoms with Crippen LogP contribution in [0.25, 0.3) is 0 Å². The summed E-state index contributed by atoms with van der Waals surface area (Å²) in [5, 5.41) is 13.1. The molecule has 17 heavy (non-hydrogen) atoms. The summed E-state index contributed by atoms with van der Waals surface area (Å²) < 4.78 is 13.2. The van der Waals surface area contributed by atoms with Gasteiger partial charge < -0.3 is 10.4 Å². The Labute approximate surface area is 101 Å². The number of likely N-dealkylation sites (N-methyl/N-ethyl adjacent to an activating group) is 1. The highest BCUT2D eigenvalue weighted by atomic mass is 19.1. The number of phenols is 1. The molecular weight excluding hydrogens is 219 g/mol. The zero-order valence-electron chi connectivity index (χ0n) is 10.3. The minimum Gasteiger partial charge on any atom is -0.508 e. The van der Waals surface area contributed by atoms with Crippen LogP contribution >= 0.6 is 0 Å². The van der Waals surface area contributed by atoms with Crippen LogP contribution in [-0.2, 0) is 0 Å². The standard InChI is InChI=1S/C13H19FN2O/c1-9(16(2)11-5-6-15-8-11)12-7-10(14)3-4-13(12)17/h3-4,7,9,11,15,17H,5-6,8H2,1-2H3. The molecule has 2 unspecified atom stereocenters. The van der Waals surface area contributed by atoms with Crippen molar-refractivity contribution in [3.8, 4) is 5.75 Å². The third kappa shape index (κ3) is 2.58. The van der Waals surface area contributed by atoms with E-state index >= 15 is 0 Å². The van der Waals surface area contributed by atoms with E-state index in [-0.39, 0.29) is 17.6 Å². The summed E-state index contributed by atoms with van der Waals surface area (Å²) in [5.74, 6) is -0.140. The molecule has 1 fully saturated rings. The minimum absolute atomic E-state index is 0.00981. The first kappa shape index (κ1) is 12.3. The minimum atomic E-state index is -0.303. The highest BCUT2D eigenvalue weighted by molar-refractivity contribution is 5.35. The van der Waals surface area contributed by atoms with Gasteiger partial charge in [-0.2, -0.15) is 0 Å². The van der Waals surface area contributed by atoms with Crippen LogP contribution in [0.3, 0.4) is 0 Å². The van der Waals surface area contributed by atoms with Crippen LogP contribution < -0.4 is 5.32 Å². The molecular formula is C13H19FN2O. The Kier molecular flexibility index (Phi) is 3.64. The Morgan fingerprint density at radius 2 is 2.29 bits per heavy atom. The molecule has 0 aromatic heterocycles. The van der Waals surface area contributed by atoms with Crippen molar-refractivity contribution in [1.29, 1.82) is 0 Å². The summed E-state index contributed by atoms with van der Waals surface area (Å²) in [7, 11) is 2.02. The molecule has 4 heteroatoms. The van der Waals surface area contributed by atoms with E-state index in [0.29, 0.717) is 11.6 Å². The maximum absolute atomic E-state index is 13.2. The molecule has 0 bridgehead atoms. The summed E-state index contributed by atoms with van der Waals surface area (Å²) in [6, 6.07) is 4.58. The van der Waals surface area contributed by atoms with Gasteiger partial charge in [0, 0.05) is 24.2 Å². The van der Waals surface area contributed by atoms with Crippen molar-refractivity contribution in [2.75, 3.05) is 20.1 Å². The van der Waals surface area contributed by atoms with Crippen LogP contribution in [0.5, 0.6) is 5.75 Å². The van der Waals surface area contributed by atoms with Crippen molar-refractivity contribution < 1.29 is 9.50 Å². The molecule has 1 aromatic carbocycles. The molecule has 0 saturated carbocycles. The zero-order chi connectivity index (χ0) is 12.4. The maximum Gasteiger partial charge on any atom is 0.123 e. The van der Waals surface area contributed by atoms with Crippen LogP contribution in [0.15, 0.2) is 18.2 Å². The van der Waals surface area contributed by atoms with Crippen molar-refractivity contribution in [3.05, 3.63) is 29.6 Å². The molecule has 2 atom stereocenters. The molecule has 1 aromatic rings. The first-order valence-corrected chi connectivity index (χ1v) is 6.00. The Balaban J connectivity index is 2.17. The number of hydrogen-bond donors (Lipinski definition) is 2. The van der Waals surface area contributed by atoms with E-state index in [1.54, 1.807) is 0 Å². The van der Waals surface area contributed by atoms with Crippen LogP contribution in [0.1, 0.15) is 24.9 Å². The molecule has 1 heterocycles. The second-order valence-corrected chi connectivity index (χ2v) is 4.69. The van der Waals surface area contributed by atoms with Gasteiger partial charge in [0.25, 0.3) is 0 Å². The Morgan fingerprint density at radius 3 is 2.94 bits per heavy atom. The van der Waals surface area contributed by atoms with Crippen LogP contribution in [0, 0.1) is 5.82 Å². The fourth-order valence-electron chi connectivity index (χ4n) is 2.38. The third-order valence-corrected chi connectivity index (χ3v) is 3.66. The van der Waals surface area contributed by atoms with Crippen molar-refractivity contribution in [2.24, 2.45) is 0 Å². The Bertz CT molecular complexity index is 391. The lowest BCUT2D eigenvalue weighted by atomic mass is 10.0. The van der Waals surface area contributed by atoms with Gasteiger partial charge in [-0.25, -0.2) is 4.39 Å². The van der Waals surface area contributed by atoms with Gasteiger partial charge in [0.15, 0.2) is 0 Å². The van der Waals surface area contributed by atoms with E-state index in [2.05, 4.69) is 10.2 Å². The summed E-state index contributed by atoms with van der Waals surface area (Å²) in [6.07, 6.45) is 1.09. The van der Waals surface area contributed by atoms with E-state index < -0.39 is 0 Å². The summed E-state index contributed by atoms with van der Waals surface area (Å²) in [6.45, 7) is 3.97. The first-order valence-electron chi connectivity index (χ1n) is 6.00. The van der Waals surface area contributed by atoms with Crippen molar-refractivity contribution in [2.45, 2.75) is 25.4 Å². The fraction of sp³-hybridized carbons (Fsp3) is 0.538. The summed E-state index contributed by atoms with van der Waals surface area (Å²) in [4.78, 5) is 2.19. The average molecular weight is 238 g/mol. The maximum atomic E-state index is 13.2. The van der Waals surface area contributed by atoms with Gasteiger partial charge >= 0.3 is 0 Å². The molecule has 94 valence electrons. The molecule has 0 aliphatic carbocycles. The first-order chi connectivity index (χ1) is 8.09. The zero-order valence-corrected chi connectivity index (χ0v) is 10.3. The summed E-state index contributed by atoms with van der Waals surface area (Å²) >= 11 is 0. The van der Waals surface area contributed by atoms with E-state index in [0.717, 1.165) is 19.5 Å². The fourth-order valence-corrected chi connectivity index (χ4v) is 2.38. The predicted molar refractivity (Wildman–Crippen MR) is 65.5 cm³/mol. The smallest absolute Gasteiger partial charge is 0.123 e. The van der Waals surface area contributed by atoms with Gasteiger partial charge in [-0.15, -0.1) is 0 Å². The SMILES string of the molecule is CC(c1cc(F)ccc1O)N(C)C1CCNC1. The monoisotopic (exact) mass is 238 g/mol. The number of benzene rings is 1. The highest BCUT2D eigenvalue weighted by Crippen LogP contribution is 2.30. The lowest BCUT2D eigenvalue weighted by Gasteiger charge is -2.30. The van der Waals surface area contributed by atoms with Gasteiger partial charge in [0.05, 0.1) is 0 Å². The molecule has 0 radical (unpaired) electrons. The number of nitrogens with zero attached hydrogens (tertiary/aromatic N) is 1. The number of hydrogen-bond acceptors (Lipinski definition) is 3.